The molecule has 0 amide bonds. The van der Waals surface area contributed by atoms with E-state index >= 15 is 0 Å². The predicted molar refractivity (Wildman–Crippen MR) is 85.7 cm³/mol. The van der Waals surface area contributed by atoms with Crippen LogP contribution in [0.3, 0.4) is 0 Å². The Morgan fingerprint density at radius 1 is 1.24 bits per heavy atom. The maximum absolute atomic E-state index is 12.0. The molecule has 0 spiro atoms. The highest BCUT2D eigenvalue weighted by Gasteiger charge is 2.11. The smallest absolute Gasteiger partial charge is 0.258 e. The number of benzene rings is 1. The van der Waals surface area contributed by atoms with E-state index in [2.05, 4.69) is 35.4 Å². The van der Waals surface area contributed by atoms with Crippen LogP contribution in [0.25, 0.3) is 10.9 Å². The summed E-state index contributed by atoms with van der Waals surface area (Å²) in [5.41, 5.74) is 2.03. The quantitative estimate of drug-likeness (QED) is 0.767. The van der Waals surface area contributed by atoms with Gasteiger partial charge in [0, 0.05) is 0 Å². The molecule has 1 atom stereocenters. The van der Waals surface area contributed by atoms with Gasteiger partial charge in [-0.15, -0.1) is 11.3 Å². The summed E-state index contributed by atoms with van der Waals surface area (Å²) in [7, 11) is 2.12. The molecule has 1 unspecified atom stereocenters. The Morgan fingerprint density at radius 2 is 2.05 bits per heavy atom. The average Bonchev–Trinajstić information content (AvgIpc) is 2.84. The van der Waals surface area contributed by atoms with Gasteiger partial charge in [0.05, 0.1) is 22.8 Å². The molecule has 0 aliphatic heterocycles. The third-order valence-corrected chi connectivity index (χ3v) is 4.58. The summed E-state index contributed by atoms with van der Waals surface area (Å²) in [6, 6.07) is 9.59. The molecule has 0 aliphatic rings. The molecule has 108 valence electrons. The molecule has 0 aliphatic carbocycles. The number of nitrogens with zero attached hydrogens (tertiary/aromatic N) is 1. The van der Waals surface area contributed by atoms with Crippen LogP contribution in [0.2, 0.25) is 0 Å². The van der Waals surface area contributed by atoms with Crippen molar-refractivity contribution < 1.29 is 4.90 Å². The average molecular weight is 300 g/mol. The van der Waals surface area contributed by atoms with Gasteiger partial charge in [-0.2, -0.15) is 0 Å². The molecule has 0 radical (unpaired) electrons. The van der Waals surface area contributed by atoms with Gasteiger partial charge in [-0.05, 0) is 36.1 Å². The molecule has 3 aromatic rings. The van der Waals surface area contributed by atoms with Gasteiger partial charge < -0.3 is 9.88 Å². The molecule has 0 bridgehead atoms. The zero-order valence-corrected chi connectivity index (χ0v) is 13.0. The van der Waals surface area contributed by atoms with Crippen molar-refractivity contribution in [2.45, 2.75) is 20.0 Å². The van der Waals surface area contributed by atoms with Crippen molar-refractivity contribution in [2.75, 3.05) is 7.05 Å². The molecule has 3 rings (SSSR count). The van der Waals surface area contributed by atoms with Gasteiger partial charge in [-0.3, -0.25) is 4.79 Å². The van der Waals surface area contributed by atoms with Crippen molar-refractivity contribution in [1.82, 2.24) is 9.97 Å². The second-order valence-electron chi connectivity index (χ2n) is 5.37. The molecule has 2 N–H and O–H groups in total. The van der Waals surface area contributed by atoms with Gasteiger partial charge in [-0.1, -0.05) is 12.1 Å². The van der Waals surface area contributed by atoms with E-state index in [1.807, 2.05) is 18.2 Å². The van der Waals surface area contributed by atoms with Gasteiger partial charge >= 0.3 is 0 Å². The molecular weight excluding hydrogens is 282 g/mol. The minimum atomic E-state index is -0.0595. The summed E-state index contributed by atoms with van der Waals surface area (Å²) in [6.07, 6.45) is 0. The molecular formula is C16H18N3OS+. The Labute approximate surface area is 127 Å². The fourth-order valence-corrected chi connectivity index (χ4v) is 3.45. The Balaban J connectivity index is 1.81. The summed E-state index contributed by atoms with van der Waals surface area (Å²) < 4.78 is 0. The summed E-state index contributed by atoms with van der Waals surface area (Å²) in [6.45, 7) is 3.78. The van der Waals surface area contributed by atoms with Crippen molar-refractivity contribution in [1.29, 1.82) is 0 Å². The lowest BCUT2D eigenvalue weighted by atomic mass is 10.2. The maximum Gasteiger partial charge on any atom is 0.258 e. The number of thiophene rings is 1. The summed E-state index contributed by atoms with van der Waals surface area (Å²) in [5, 5.41) is 2.77. The number of nitrogens with one attached hydrogen (secondary N) is 2. The molecule has 2 heterocycles. The maximum atomic E-state index is 12.0. The number of H-pyrrole nitrogens is 1. The molecule has 0 fully saturated rings. The summed E-state index contributed by atoms with van der Waals surface area (Å²) in [4.78, 5) is 22.2. The van der Waals surface area contributed by atoms with E-state index in [-0.39, 0.29) is 5.56 Å². The third-order valence-electron chi connectivity index (χ3n) is 3.56. The van der Waals surface area contributed by atoms with E-state index in [1.54, 1.807) is 17.4 Å². The normalized spacial score (nSPS) is 12.7. The Hall–Kier alpha value is -1.98. The zero-order chi connectivity index (χ0) is 14.8. The van der Waals surface area contributed by atoms with Gasteiger partial charge in [0.25, 0.3) is 5.56 Å². The number of hydrogen-bond donors (Lipinski definition) is 2. The predicted octanol–water partition coefficient (Wildman–Crippen LogP) is 1.51. The van der Waals surface area contributed by atoms with Gasteiger partial charge in [0.15, 0.2) is 5.82 Å². The topological polar surface area (TPSA) is 50.2 Å². The van der Waals surface area contributed by atoms with Crippen molar-refractivity contribution in [3.63, 3.8) is 0 Å². The van der Waals surface area contributed by atoms with Crippen LogP contribution in [0.15, 0.2) is 40.5 Å². The first-order chi connectivity index (χ1) is 10.1. The lowest BCUT2D eigenvalue weighted by Gasteiger charge is -2.13. The summed E-state index contributed by atoms with van der Waals surface area (Å²) in [5.74, 6) is 0.741. The Bertz CT molecular complexity index is 822. The second-order valence-corrected chi connectivity index (χ2v) is 6.37. The first kappa shape index (κ1) is 14.0. The van der Waals surface area contributed by atoms with Crippen LogP contribution in [-0.4, -0.2) is 17.0 Å². The molecule has 4 nitrogen and oxygen atoms in total. The largest absolute Gasteiger partial charge is 0.327 e. The first-order valence-corrected chi connectivity index (χ1v) is 7.83. The number of para-hydroxylation sites is 1. The number of hydrogen-bond acceptors (Lipinski definition) is 3. The van der Waals surface area contributed by atoms with Gasteiger partial charge in [-0.25, -0.2) is 4.98 Å². The van der Waals surface area contributed by atoms with Crippen molar-refractivity contribution >= 4 is 22.2 Å². The van der Waals surface area contributed by atoms with Crippen LogP contribution >= 0.6 is 11.3 Å². The van der Waals surface area contributed by atoms with Crippen LogP contribution in [0, 0.1) is 6.92 Å². The molecule has 1 aromatic carbocycles. The highest BCUT2D eigenvalue weighted by atomic mass is 32.1. The number of fused-ring (bicyclic) bond motifs is 1. The number of aromatic nitrogens is 2. The van der Waals surface area contributed by atoms with Crippen molar-refractivity contribution in [2.24, 2.45) is 0 Å². The molecule has 0 saturated carbocycles. The number of quaternary nitrogens is 1. The molecule has 0 saturated heterocycles. The molecule has 21 heavy (non-hydrogen) atoms. The van der Waals surface area contributed by atoms with Crippen LogP contribution in [-0.2, 0) is 13.1 Å². The van der Waals surface area contributed by atoms with E-state index in [0.29, 0.717) is 11.9 Å². The highest BCUT2D eigenvalue weighted by molar-refractivity contribution is 7.10. The van der Waals surface area contributed by atoms with E-state index in [9.17, 15) is 4.79 Å². The van der Waals surface area contributed by atoms with E-state index in [1.165, 1.54) is 15.3 Å². The van der Waals surface area contributed by atoms with Crippen LogP contribution in [0.4, 0.5) is 0 Å². The standard InChI is InChI=1S/C16H17N3OS/c1-11-7-8-21-14(11)9-19(2)10-15-17-13-6-4-3-5-12(13)16(20)18-15/h3-8H,9-10H2,1-2H3,(H,17,18,20)/p+1. The first-order valence-electron chi connectivity index (χ1n) is 6.95. The van der Waals surface area contributed by atoms with Gasteiger partial charge in [0.1, 0.15) is 13.1 Å². The Morgan fingerprint density at radius 3 is 2.81 bits per heavy atom. The van der Waals surface area contributed by atoms with Crippen molar-refractivity contribution in [3.05, 3.63) is 62.3 Å². The van der Waals surface area contributed by atoms with E-state index in [0.717, 1.165) is 17.9 Å². The highest BCUT2D eigenvalue weighted by Crippen LogP contribution is 2.13. The molecule has 2 aromatic heterocycles. The third kappa shape index (κ3) is 3.04. The summed E-state index contributed by atoms with van der Waals surface area (Å²) >= 11 is 1.78. The second kappa shape index (κ2) is 5.79. The number of rotatable bonds is 4. The van der Waals surface area contributed by atoms with Crippen LogP contribution < -0.4 is 10.5 Å². The minimum absolute atomic E-state index is 0.0595. The van der Waals surface area contributed by atoms with Crippen molar-refractivity contribution in [3.8, 4) is 0 Å². The fraction of sp³-hybridized carbons (Fsp3) is 0.250. The van der Waals surface area contributed by atoms with Crippen LogP contribution in [0.5, 0.6) is 0 Å². The van der Waals surface area contributed by atoms with Gasteiger partial charge in [0.2, 0.25) is 0 Å². The lowest BCUT2D eigenvalue weighted by Crippen LogP contribution is -3.06. The van der Waals surface area contributed by atoms with Crippen LogP contribution in [0.1, 0.15) is 16.3 Å². The van der Waals surface area contributed by atoms with E-state index < -0.39 is 0 Å². The Kier molecular flexibility index (Phi) is 3.86. The SMILES string of the molecule is Cc1ccsc1C[NH+](C)Cc1nc2ccccc2c(=O)[nH]1. The fourth-order valence-electron chi connectivity index (χ4n) is 2.43. The number of aromatic amines is 1. The number of aryl methyl sites for hydroxylation is 1. The molecule has 5 heteroatoms. The zero-order valence-electron chi connectivity index (χ0n) is 12.1. The lowest BCUT2D eigenvalue weighted by molar-refractivity contribution is -0.908. The monoisotopic (exact) mass is 300 g/mol. The van der Waals surface area contributed by atoms with E-state index in [4.69, 9.17) is 0 Å². The minimum Gasteiger partial charge on any atom is -0.327 e.